The van der Waals surface area contributed by atoms with E-state index in [9.17, 15) is 19.0 Å². The summed E-state index contributed by atoms with van der Waals surface area (Å²) >= 11 is 10.4. The second-order valence-electron chi connectivity index (χ2n) is 14.7. The summed E-state index contributed by atoms with van der Waals surface area (Å²) in [6.45, 7) is -11.1. The van der Waals surface area contributed by atoms with Crippen LogP contribution >= 0.6 is 13.5 Å². The fourth-order valence-electron chi connectivity index (χ4n) is 7.86. The maximum atomic E-state index is 16.8. The van der Waals surface area contributed by atoms with Gasteiger partial charge in [0.1, 0.15) is 43.8 Å². The number of imidazole rings is 2. The number of nitrogens with zero attached hydrogens (tertiary/aromatic N) is 10. The molecule has 0 spiro atoms. The summed E-state index contributed by atoms with van der Waals surface area (Å²) in [7, 11) is 0. The third kappa shape index (κ3) is 7.95. The number of fused-ring (bicyclic) bond motifs is 10. The number of halogens is 2. The van der Waals surface area contributed by atoms with Crippen LogP contribution in [0.1, 0.15) is 33.2 Å². The van der Waals surface area contributed by atoms with E-state index >= 15 is 8.78 Å². The van der Waals surface area contributed by atoms with Gasteiger partial charge in [-0.1, -0.05) is 60.4 Å². The normalized spacial score (nSPS) is 31.6. The maximum absolute atomic E-state index is 16.8. The summed E-state index contributed by atoms with van der Waals surface area (Å²) < 4.78 is 84.0. The van der Waals surface area contributed by atoms with Crippen molar-refractivity contribution in [3.05, 3.63) is 109 Å². The van der Waals surface area contributed by atoms with E-state index in [0.29, 0.717) is 11.1 Å². The number of aromatic nitrogens is 8. The fraction of sp³-hybridized carbons (Fsp3) is 0.316. The lowest BCUT2D eigenvalue weighted by atomic mass is 10.1. The summed E-state index contributed by atoms with van der Waals surface area (Å²) in [5.74, 6) is -0.914. The quantitative estimate of drug-likeness (QED) is 0.136. The van der Waals surface area contributed by atoms with Gasteiger partial charge < -0.3 is 44.7 Å². The summed E-state index contributed by atoms with van der Waals surface area (Å²) in [5.41, 5.74) is 0.727. The van der Waals surface area contributed by atoms with E-state index in [-0.39, 0.29) is 47.1 Å². The predicted octanol–water partition coefficient (Wildman–Crippen LogP) is 4.06. The van der Waals surface area contributed by atoms with Crippen molar-refractivity contribution in [2.24, 2.45) is 0 Å². The zero-order valence-corrected chi connectivity index (χ0v) is 36.1. The molecule has 2 amide bonds. The van der Waals surface area contributed by atoms with Crippen LogP contribution < -0.4 is 14.7 Å². The van der Waals surface area contributed by atoms with Crippen LogP contribution in [0.3, 0.4) is 0 Å². The van der Waals surface area contributed by atoms with Gasteiger partial charge in [0.15, 0.2) is 65.6 Å². The van der Waals surface area contributed by atoms with Crippen LogP contribution in [-0.2, 0) is 56.2 Å². The molecule has 5 aliphatic rings. The molecule has 0 N–H and O–H groups in total. The molecule has 0 aliphatic carbocycles. The maximum Gasteiger partial charge on any atom is 0.259 e. The van der Waals surface area contributed by atoms with Crippen LogP contribution in [-0.4, -0.2) is 114 Å². The number of carbonyl (C=O) groups is 2. The van der Waals surface area contributed by atoms with Gasteiger partial charge in [-0.3, -0.25) is 33.1 Å². The lowest BCUT2D eigenvalue weighted by Gasteiger charge is -2.36. The minimum absolute atomic E-state index is 0.00984. The van der Waals surface area contributed by atoms with Gasteiger partial charge in [0, 0.05) is 24.2 Å². The molecule has 14 bridgehead atoms. The Labute approximate surface area is 371 Å². The Morgan fingerprint density at radius 2 is 1.14 bits per heavy atom. The standard InChI is InChI=1S/C38H34F2N10O10P2S2/c39-25-29-23-15-55-62(54,64)60-30-24(16-56-61(53,63)59-29)58-38(26(30)40)50-20-46-28-32(42-18-44-34(28)50)48(36(52)22-11-5-2-6-12-22)14-8-7-13-47(35(51)21-9-3-1-4-10-21)31-27-33(43-17-41-31)49(19-45-27)37(25)57-23/h1-12,17-20,23-26,29-30,37-38H,13-16H2,(H,53,63)(H,54,64)/p-2/b8-7+/t23-,24-,25-,26-,29-,30-,37-,38-,61?,62?/m1/s1. The summed E-state index contributed by atoms with van der Waals surface area (Å²) in [6.07, 6.45) is -6.10. The second-order valence-corrected chi connectivity index (χ2v) is 20.1. The Morgan fingerprint density at radius 1 is 0.688 bits per heavy atom. The zero-order valence-electron chi connectivity index (χ0n) is 32.7. The SMILES string of the molecule is O=C(c1ccccc1)N1C/C=C/CN(C(=O)c2ccccc2)c2ncnc3c2ncn3[C@@H]2O[C@@H]3COP(=O)([S-])O[C@H]4[C@@H](F)[C@@H](O[C@@H]4COP([O-])(=S)O[C@H]3[C@H]2F)n2cnc3c1ncnc32. The van der Waals surface area contributed by atoms with Gasteiger partial charge in [0.25, 0.3) is 11.8 Å². The minimum Gasteiger partial charge on any atom is -0.780 e. The zero-order chi connectivity index (χ0) is 44.3. The van der Waals surface area contributed by atoms with Gasteiger partial charge in [0.2, 0.25) is 0 Å². The molecule has 0 radical (unpaired) electrons. The van der Waals surface area contributed by atoms with E-state index < -0.39 is 87.8 Å². The van der Waals surface area contributed by atoms with Crippen molar-refractivity contribution in [2.75, 3.05) is 36.1 Å². The highest BCUT2D eigenvalue weighted by Crippen LogP contribution is 2.54. The minimum atomic E-state index is -4.66. The van der Waals surface area contributed by atoms with Crippen molar-refractivity contribution in [2.45, 2.75) is 49.2 Å². The van der Waals surface area contributed by atoms with Gasteiger partial charge >= 0.3 is 0 Å². The number of amides is 2. The molecule has 11 rings (SSSR count). The fourth-order valence-corrected chi connectivity index (χ4v) is 10.7. The molecule has 64 heavy (non-hydrogen) atoms. The first-order valence-electron chi connectivity index (χ1n) is 19.5. The van der Waals surface area contributed by atoms with Crippen molar-refractivity contribution in [1.29, 1.82) is 0 Å². The lowest BCUT2D eigenvalue weighted by molar-refractivity contribution is -0.217. The number of carbonyl (C=O) groups excluding carboxylic acids is 2. The number of hydrogen-bond donors (Lipinski definition) is 0. The molecule has 332 valence electrons. The Hall–Kier alpha value is -4.97. The van der Waals surface area contributed by atoms with E-state index in [2.05, 4.69) is 29.9 Å². The topological polar surface area (TPSA) is 223 Å². The smallest absolute Gasteiger partial charge is 0.259 e. The summed E-state index contributed by atoms with van der Waals surface area (Å²) in [6, 6.07) is 16.7. The molecule has 3 saturated heterocycles. The van der Waals surface area contributed by atoms with Crippen molar-refractivity contribution < 1.29 is 55.4 Å². The van der Waals surface area contributed by atoms with Crippen LogP contribution in [0.5, 0.6) is 0 Å². The molecule has 5 aliphatic heterocycles. The van der Waals surface area contributed by atoms with Crippen molar-refractivity contribution in [3.8, 4) is 0 Å². The monoisotopic (exact) mass is 952 g/mol. The van der Waals surface area contributed by atoms with Gasteiger partial charge in [0.05, 0.1) is 25.9 Å². The predicted molar refractivity (Wildman–Crippen MR) is 225 cm³/mol. The summed E-state index contributed by atoms with van der Waals surface area (Å²) in [5, 5.41) is 0. The molecular formula is C38H32F2N10O10P2S2-2. The van der Waals surface area contributed by atoms with Crippen molar-refractivity contribution in [1.82, 2.24) is 39.0 Å². The first kappa shape index (κ1) is 43.0. The number of benzene rings is 2. The van der Waals surface area contributed by atoms with Crippen LogP contribution in [0.25, 0.3) is 22.3 Å². The van der Waals surface area contributed by atoms with E-state index in [4.69, 9.17) is 51.6 Å². The van der Waals surface area contributed by atoms with E-state index in [1.54, 1.807) is 72.8 Å². The van der Waals surface area contributed by atoms with Gasteiger partial charge in [-0.2, -0.15) is 0 Å². The number of ether oxygens (including phenoxy) is 2. The van der Waals surface area contributed by atoms with E-state index in [0.717, 1.165) is 12.7 Å². The molecule has 0 saturated carbocycles. The first-order chi connectivity index (χ1) is 30.9. The first-order valence-corrected chi connectivity index (χ1v) is 24.6. The highest BCUT2D eigenvalue weighted by atomic mass is 32.7. The van der Waals surface area contributed by atoms with Crippen molar-refractivity contribution in [3.63, 3.8) is 0 Å². The van der Waals surface area contributed by atoms with Crippen LogP contribution in [0.15, 0.2) is 98.1 Å². The van der Waals surface area contributed by atoms with E-state index in [1.807, 2.05) is 0 Å². The average molecular weight is 953 g/mol. The molecule has 4 aromatic heterocycles. The Bertz CT molecular complexity index is 2700. The van der Waals surface area contributed by atoms with Crippen LogP contribution in [0.2, 0.25) is 0 Å². The molecule has 26 heteroatoms. The molecule has 6 aromatic rings. The summed E-state index contributed by atoms with van der Waals surface area (Å²) in [4.78, 5) is 71.5. The number of anilines is 2. The Balaban J connectivity index is 1.13. The Kier molecular flexibility index (Phi) is 11.5. The Morgan fingerprint density at radius 3 is 1.62 bits per heavy atom. The van der Waals surface area contributed by atoms with Gasteiger partial charge in [-0.15, -0.1) is 0 Å². The highest BCUT2D eigenvalue weighted by Gasteiger charge is 2.52. The van der Waals surface area contributed by atoms with Gasteiger partial charge in [-0.05, 0) is 24.3 Å². The van der Waals surface area contributed by atoms with E-state index in [1.165, 1.54) is 31.6 Å². The largest absolute Gasteiger partial charge is 0.780 e. The molecular weight excluding hydrogens is 921 g/mol. The molecule has 20 nitrogen and oxygen atoms in total. The third-order valence-corrected chi connectivity index (χ3v) is 13.9. The number of rotatable bonds is 2. The highest BCUT2D eigenvalue weighted by molar-refractivity contribution is 8.32. The van der Waals surface area contributed by atoms with Gasteiger partial charge in [-0.25, -0.2) is 38.7 Å². The number of hydrogen-bond acceptors (Lipinski definition) is 18. The lowest BCUT2D eigenvalue weighted by Crippen LogP contribution is -2.38. The van der Waals surface area contributed by atoms with Crippen LogP contribution in [0, 0.1) is 0 Å². The molecule has 9 heterocycles. The third-order valence-electron chi connectivity index (χ3n) is 10.8. The number of alkyl halides is 2. The molecule has 2 aromatic carbocycles. The molecule has 2 unspecified atom stereocenters. The van der Waals surface area contributed by atoms with Crippen molar-refractivity contribution >= 4 is 83.3 Å². The van der Waals surface area contributed by atoms with Crippen LogP contribution in [0.4, 0.5) is 20.4 Å². The molecule has 3 fully saturated rings. The second kappa shape index (κ2) is 17.1. The molecule has 10 atom stereocenters. The average Bonchev–Trinajstić information content (AvgIpc) is 4.07.